The largest absolute Gasteiger partial charge is 0.460 e. The maximum atomic E-state index is 11.7. The topological polar surface area (TPSA) is 35.5 Å². The molecule has 0 radical (unpaired) electrons. The molecule has 2 aliphatic heterocycles. The van der Waals surface area contributed by atoms with Gasteiger partial charge in [-0.3, -0.25) is 4.79 Å². The lowest BCUT2D eigenvalue weighted by atomic mass is 10.1. The zero-order chi connectivity index (χ0) is 13.5. The van der Waals surface area contributed by atoms with E-state index in [1.165, 1.54) is 18.6 Å². The fourth-order valence-electron chi connectivity index (χ4n) is 2.40. The summed E-state index contributed by atoms with van der Waals surface area (Å²) in [6, 6.07) is 0. The Morgan fingerprint density at radius 3 is 2.89 bits per heavy atom. The van der Waals surface area contributed by atoms with Crippen LogP contribution in [0.25, 0.3) is 0 Å². The van der Waals surface area contributed by atoms with Crippen LogP contribution in [0, 0.1) is 0 Å². The smallest absolute Gasteiger partial charge is 0.306 e. The molecule has 0 aliphatic carbocycles. The van der Waals surface area contributed by atoms with Gasteiger partial charge in [0.25, 0.3) is 0 Å². The third-order valence-electron chi connectivity index (χ3n) is 3.64. The Morgan fingerprint density at radius 1 is 1.32 bits per heavy atom. The van der Waals surface area contributed by atoms with Crippen molar-refractivity contribution in [3.05, 3.63) is 0 Å². The number of rotatable bonds is 6. The monoisotopic (exact) mass is 304 g/mol. The molecule has 0 amide bonds. The van der Waals surface area contributed by atoms with Crippen LogP contribution in [0.4, 0.5) is 0 Å². The predicted molar refractivity (Wildman–Crippen MR) is 81.5 cm³/mol. The Labute approximate surface area is 124 Å². The van der Waals surface area contributed by atoms with Gasteiger partial charge in [0.1, 0.15) is 6.10 Å². The molecule has 2 saturated heterocycles. The second kappa shape index (κ2) is 8.42. The maximum absolute atomic E-state index is 11.7. The van der Waals surface area contributed by atoms with Crippen LogP contribution in [0.15, 0.2) is 0 Å². The standard InChI is InChI=1S/C14H24O3S2/c1-11-6-7-12(10-16-11)17-14(15)5-3-2-4-13-8-9-18-19-13/h11-13H,2-10H2,1H3/t11?,12?,13-/m1/s1. The van der Waals surface area contributed by atoms with Crippen LogP contribution < -0.4 is 0 Å². The zero-order valence-corrected chi connectivity index (χ0v) is 13.3. The van der Waals surface area contributed by atoms with Crippen molar-refractivity contribution in [3.8, 4) is 0 Å². The van der Waals surface area contributed by atoms with Gasteiger partial charge >= 0.3 is 5.97 Å². The summed E-state index contributed by atoms with van der Waals surface area (Å²) in [4.78, 5) is 11.7. The molecule has 2 fully saturated rings. The van der Waals surface area contributed by atoms with Crippen LogP contribution in [-0.4, -0.2) is 35.8 Å². The second-order valence-electron chi connectivity index (χ2n) is 5.41. The number of hydrogen-bond acceptors (Lipinski definition) is 5. The first-order valence-corrected chi connectivity index (χ1v) is 9.71. The van der Waals surface area contributed by atoms with Gasteiger partial charge in [0.15, 0.2) is 0 Å². The van der Waals surface area contributed by atoms with Crippen LogP contribution >= 0.6 is 21.6 Å². The summed E-state index contributed by atoms with van der Waals surface area (Å²) >= 11 is 0. The van der Waals surface area contributed by atoms with Gasteiger partial charge in [-0.25, -0.2) is 0 Å². The van der Waals surface area contributed by atoms with Gasteiger partial charge in [-0.05, 0) is 39.0 Å². The number of ether oxygens (including phenoxy) is 2. The lowest BCUT2D eigenvalue weighted by Gasteiger charge is -2.26. The minimum atomic E-state index is -0.0448. The summed E-state index contributed by atoms with van der Waals surface area (Å²) < 4.78 is 10.9. The third kappa shape index (κ3) is 5.96. The molecule has 0 N–H and O–H groups in total. The summed E-state index contributed by atoms with van der Waals surface area (Å²) in [5.41, 5.74) is 0. The molecule has 0 aromatic heterocycles. The number of carbonyl (C=O) groups is 1. The fraction of sp³-hybridized carbons (Fsp3) is 0.929. The number of hydrogen-bond donors (Lipinski definition) is 0. The lowest BCUT2D eigenvalue weighted by molar-refractivity contribution is -0.158. The molecule has 3 nitrogen and oxygen atoms in total. The Hall–Kier alpha value is 0.130. The van der Waals surface area contributed by atoms with Crippen molar-refractivity contribution in [2.45, 2.75) is 69.3 Å². The molecule has 0 aromatic rings. The summed E-state index contributed by atoms with van der Waals surface area (Å²) in [7, 11) is 3.99. The highest BCUT2D eigenvalue weighted by Crippen LogP contribution is 2.39. The molecule has 2 rings (SSSR count). The Morgan fingerprint density at radius 2 is 2.21 bits per heavy atom. The van der Waals surface area contributed by atoms with Gasteiger partial charge in [0, 0.05) is 17.4 Å². The van der Waals surface area contributed by atoms with Crippen molar-refractivity contribution in [2.75, 3.05) is 12.4 Å². The molecule has 0 aromatic carbocycles. The van der Waals surface area contributed by atoms with E-state index in [1.54, 1.807) is 0 Å². The van der Waals surface area contributed by atoms with Gasteiger partial charge in [-0.2, -0.15) is 0 Å². The maximum Gasteiger partial charge on any atom is 0.306 e. The fourth-order valence-corrected chi connectivity index (χ4v) is 5.43. The quantitative estimate of drug-likeness (QED) is 0.423. The first kappa shape index (κ1) is 15.5. The first-order valence-electron chi connectivity index (χ1n) is 7.33. The van der Waals surface area contributed by atoms with Gasteiger partial charge < -0.3 is 9.47 Å². The van der Waals surface area contributed by atoms with Crippen molar-refractivity contribution in [1.29, 1.82) is 0 Å². The molecule has 2 unspecified atom stereocenters. The van der Waals surface area contributed by atoms with Crippen molar-refractivity contribution in [3.63, 3.8) is 0 Å². The van der Waals surface area contributed by atoms with E-state index in [9.17, 15) is 4.79 Å². The minimum absolute atomic E-state index is 0.00881. The van der Waals surface area contributed by atoms with Crippen molar-refractivity contribution < 1.29 is 14.3 Å². The van der Waals surface area contributed by atoms with Crippen LogP contribution in [0.2, 0.25) is 0 Å². The molecular formula is C14H24O3S2. The SMILES string of the molecule is CC1CCC(OC(=O)CCCC[C@@H]2CCSS2)CO1. The van der Waals surface area contributed by atoms with Crippen molar-refractivity contribution >= 4 is 27.6 Å². The number of esters is 1. The highest BCUT2D eigenvalue weighted by molar-refractivity contribution is 8.77. The molecule has 0 spiro atoms. The highest BCUT2D eigenvalue weighted by Gasteiger charge is 2.22. The molecule has 0 saturated carbocycles. The molecule has 110 valence electrons. The lowest BCUT2D eigenvalue weighted by Crippen LogP contribution is -2.31. The van der Waals surface area contributed by atoms with E-state index in [0.29, 0.717) is 19.1 Å². The summed E-state index contributed by atoms with van der Waals surface area (Å²) in [6.45, 7) is 2.64. The average molecular weight is 304 g/mol. The van der Waals surface area contributed by atoms with Gasteiger partial charge in [-0.1, -0.05) is 28.0 Å². The normalized spacial score (nSPS) is 31.3. The molecule has 2 heterocycles. The van der Waals surface area contributed by atoms with Gasteiger partial charge in [-0.15, -0.1) is 0 Å². The summed E-state index contributed by atoms with van der Waals surface area (Å²) in [5.74, 6) is 1.24. The molecule has 5 heteroatoms. The predicted octanol–water partition coefficient (Wildman–Crippen LogP) is 3.81. The minimum Gasteiger partial charge on any atom is -0.460 e. The zero-order valence-electron chi connectivity index (χ0n) is 11.6. The molecular weight excluding hydrogens is 280 g/mol. The van der Waals surface area contributed by atoms with Gasteiger partial charge in [0.2, 0.25) is 0 Å². The van der Waals surface area contributed by atoms with Crippen LogP contribution in [0.5, 0.6) is 0 Å². The molecule has 3 atom stereocenters. The van der Waals surface area contributed by atoms with Crippen molar-refractivity contribution in [2.24, 2.45) is 0 Å². The highest BCUT2D eigenvalue weighted by atomic mass is 33.1. The molecule has 0 bridgehead atoms. The average Bonchev–Trinajstić information content (AvgIpc) is 2.91. The Kier molecular flexibility index (Phi) is 6.88. The number of carbonyl (C=O) groups excluding carboxylic acids is 1. The van der Waals surface area contributed by atoms with Crippen LogP contribution in [-0.2, 0) is 14.3 Å². The van der Waals surface area contributed by atoms with Crippen LogP contribution in [0.3, 0.4) is 0 Å². The van der Waals surface area contributed by atoms with E-state index in [0.717, 1.165) is 30.9 Å². The van der Waals surface area contributed by atoms with E-state index in [4.69, 9.17) is 9.47 Å². The van der Waals surface area contributed by atoms with Gasteiger partial charge in [0.05, 0.1) is 12.7 Å². The van der Waals surface area contributed by atoms with E-state index in [1.807, 2.05) is 21.6 Å². The molecule has 2 aliphatic rings. The van der Waals surface area contributed by atoms with E-state index < -0.39 is 0 Å². The summed E-state index contributed by atoms with van der Waals surface area (Å²) in [5, 5.41) is 0.814. The summed E-state index contributed by atoms with van der Waals surface area (Å²) in [6.07, 6.45) is 7.50. The van der Waals surface area contributed by atoms with E-state index >= 15 is 0 Å². The van der Waals surface area contributed by atoms with E-state index in [2.05, 4.69) is 6.92 Å². The Balaban J connectivity index is 1.49. The third-order valence-corrected chi connectivity index (χ3v) is 6.65. The van der Waals surface area contributed by atoms with E-state index in [-0.39, 0.29) is 12.1 Å². The Bertz CT molecular complexity index is 272. The second-order valence-corrected chi connectivity index (χ2v) is 8.20. The first-order chi connectivity index (χ1) is 9.24. The van der Waals surface area contributed by atoms with Crippen molar-refractivity contribution in [1.82, 2.24) is 0 Å². The van der Waals surface area contributed by atoms with Crippen LogP contribution in [0.1, 0.15) is 51.9 Å². The molecule has 19 heavy (non-hydrogen) atoms. The number of unbranched alkanes of at least 4 members (excludes halogenated alkanes) is 1.